The normalized spacial score (nSPS) is 11.9. The van der Waals surface area contributed by atoms with Crippen molar-refractivity contribution < 1.29 is 4.74 Å². The first-order valence-corrected chi connectivity index (χ1v) is 7.18. The molecule has 19 heavy (non-hydrogen) atoms. The minimum absolute atomic E-state index is 0.607. The van der Waals surface area contributed by atoms with E-state index < -0.39 is 0 Å². The van der Waals surface area contributed by atoms with Gasteiger partial charge in [0.25, 0.3) is 0 Å². The highest BCUT2D eigenvalue weighted by atomic mass is 32.2. The second-order valence-corrected chi connectivity index (χ2v) is 5.14. The highest BCUT2D eigenvalue weighted by Gasteiger charge is 2.01. The van der Waals surface area contributed by atoms with Crippen LogP contribution in [0.4, 0.5) is 0 Å². The van der Waals surface area contributed by atoms with E-state index in [1.54, 1.807) is 18.9 Å². The van der Waals surface area contributed by atoms with Gasteiger partial charge in [0.2, 0.25) is 0 Å². The lowest BCUT2D eigenvalue weighted by atomic mass is 10.1. The summed E-state index contributed by atoms with van der Waals surface area (Å²) in [6.45, 7) is 1.22. The molecule has 0 radical (unpaired) electrons. The lowest BCUT2D eigenvalue weighted by Crippen LogP contribution is -2.09. The molecule has 2 aromatic carbocycles. The number of ether oxygens (including phenoxy) is 1. The minimum atomic E-state index is 0.607. The van der Waals surface area contributed by atoms with Crippen molar-refractivity contribution in [3.05, 3.63) is 48.0 Å². The summed E-state index contributed by atoms with van der Waals surface area (Å²) >= 11 is 1.57. The van der Waals surface area contributed by atoms with E-state index in [4.69, 9.17) is 10.5 Å². The number of methoxy groups -OCH3 is 1. The number of thioether (sulfide) groups is 1. The molecule has 3 nitrogen and oxygen atoms in total. The van der Waals surface area contributed by atoms with Crippen LogP contribution in [0.3, 0.4) is 0 Å². The first-order valence-electron chi connectivity index (χ1n) is 6.19. The lowest BCUT2D eigenvalue weighted by Gasteiger charge is -2.06. The van der Waals surface area contributed by atoms with E-state index in [1.807, 2.05) is 0 Å². The second kappa shape index (κ2) is 7.16. The molecule has 2 aromatic rings. The van der Waals surface area contributed by atoms with Gasteiger partial charge in [-0.15, -0.1) is 0 Å². The van der Waals surface area contributed by atoms with Crippen molar-refractivity contribution >= 4 is 27.7 Å². The Balaban J connectivity index is 2.04. The highest BCUT2D eigenvalue weighted by molar-refractivity contribution is 8.13. The van der Waals surface area contributed by atoms with Gasteiger partial charge in [-0.05, 0) is 16.3 Å². The fourth-order valence-corrected chi connectivity index (χ4v) is 2.60. The van der Waals surface area contributed by atoms with Gasteiger partial charge in [-0.1, -0.05) is 54.2 Å². The summed E-state index contributed by atoms with van der Waals surface area (Å²) in [5, 5.41) is 3.16. The number of hydrogen-bond acceptors (Lipinski definition) is 3. The Morgan fingerprint density at radius 2 is 2.00 bits per heavy atom. The first kappa shape index (κ1) is 13.9. The number of hydrogen-bond donors (Lipinski definition) is 1. The van der Waals surface area contributed by atoms with E-state index in [0.29, 0.717) is 18.3 Å². The maximum atomic E-state index is 5.86. The van der Waals surface area contributed by atoms with Crippen LogP contribution < -0.4 is 5.73 Å². The van der Waals surface area contributed by atoms with E-state index in [9.17, 15) is 0 Å². The maximum Gasteiger partial charge on any atom is 0.154 e. The number of nitrogens with two attached hydrogens (primary N) is 1. The fraction of sp³-hybridized carbons (Fsp3) is 0.267. The summed E-state index contributed by atoms with van der Waals surface area (Å²) < 4.78 is 4.94. The van der Waals surface area contributed by atoms with Crippen molar-refractivity contribution in [3.8, 4) is 0 Å². The molecule has 100 valence electrons. The molecule has 0 aliphatic heterocycles. The van der Waals surface area contributed by atoms with Crippen molar-refractivity contribution in [1.29, 1.82) is 0 Å². The molecule has 0 saturated heterocycles. The third kappa shape index (κ3) is 3.98. The van der Waals surface area contributed by atoms with Crippen LogP contribution in [0.5, 0.6) is 0 Å². The van der Waals surface area contributed by atoms with Gasteiger partial charge in [-0.25, -0.2) is 0 Å². The topological polar surface area (TPSA) is 47.6 Å². The average Bonchev–Trinajstić information content (AvgIpc) is 2.45. The smallest absolute Gasteiger partial charge is 0.154 e. The first-order chi connectivity index (χ1) is 9.31. The number of rotatable bonds is 5. The molecule has 0 atom stereocenters. The molecule has 4 heteroatoms. The molecule has 0 unspecified atom stereocenters. The molecule has 0 heterocycles. The Morgan fingerprint density at radius 1 is 1.21 bits per heavy atom. The van der Waals surface area contributed by atoms with Crippen LogP contribution in [0.1, 0.15) is 5.56 Å². The zero-order chi connectivity index (χ0) is 13.5. The number of nitrogens with zero attached hydrogens (tertiary/aromatic N) is 1. The molecular weight excluding hydrogens is 256 g/mol. The summed E-state index contributed by atoms with van der Waals surface area (Å²) in [6, 6.07) is 14.7. The number of amidine groups is 1. The maximum absolute atomic E-state index is 5.86. The van der Waals surface area contributed by atoms with Crippen molar-refractivity contribution in [2.24, 2.45) is 10.7 Å². The second-order valence-electron chi connectivity index (χ2n) is 4.14. The van der Waals surface area contributed by atoms with E-state index in [0.717, 1.165) is 5.75 Å². The Labute approximate surface area is 117 Å². The van der Waals surface area contributed by atoms with Gasteiger partial charge in [0.15, 0.2) is 5.17 Å². The van der Waals surface area contributed by atoms with E-state index in [2.05, 4.69) is 47.5 Å². The van der Waals surface area contributed by atoms with E-state index in [-0.39, 0.29) is 0 Å². The molecule has 0 amide bonds. The van der Waals surface area contributed by atoms with E-state index in [1.165, 1.54) is 16.3 Å². The van der Waals surface area contributed by atoms with Crippen LogP contribution in [0.15, 0.2) is 47.5 Å². The Hall–Kier alpha value is -1.52. The number of fused-ring (bicyclic) bond motifs is 1. The van der Waals surface area contributed by atoms with Crippen LogP contribution >= 0.6 is 11.8 Å². The SMILES string of the molecule is COCCN=C(N)SCc1cccc2ccccc12. The quantitative estimate of drug-likeness (QED) is 0.518. The molecular formula is C15H18N2OS. The van der Waals surface area contributed by atoms with Gasteiger partial charge < -0.3 is 10.5 Å². The highest BCUT2D eigenvalue weighted by Crippen LogP contribution is 2.22. The number of benzene rings is 2. The molecule has 0 saturated carbocycles. The third-order valence-electron chi connectivity index (χ3n) is 2.82. The summed E-state index contributed by atoms with van der Waals surface area (Å²) in [6.07, 6.45) is 0. The van der Waals surface area contributed by atoms with Gasteiger partial charge in [-0.2, -0.15) is 0 Å². The molecule has 0 fully saturated rings. The van der Waals surface area contributed by atoms with Gasteiger partial charge in [0.05, 0.1) is 13.2 Å². The van der Waals surface area contributed by atoms with Crippen molar-refractivity contribution in [2.75, 3.05) is 20.3 Å². The van der Waals surface area contributed by atoms with Gasteiger partial charge in [-0.3, -0.25) is 4.99 Å². The molecule has 0 aromatic heterocycles. The Morgan fingerprint density at radius 3 is 2.84 bits per heavy atom. The van der Waals surface area contributed by atoms with Crippen molar-refractivity contribution in [1.82, 2.24) is 0 Å². The fourth-order valence-electron chi connectivity index (χ4n) is 1.86. The van der Waals surface area contributed by atoms with Crippen molar-refractivity contribution in [3.63, 3.8) is 0 Å². The molecule has 0 aliphatic carbocycles. The summed E-state index contributed by atoms with van der Waals surface area (Å²) in [5.41, 5.74) is 7.15. The number of aliphatic imine (C=N–C) groups is 1. The van der Waals surface area contributed by atoms with Gasteiger partial charge >= 0.3 is 0 Å². The molecule has 2 rings (SSSR count). The average molecular weight is 274 g/mol. The van der Waals surface area contributed by atoms with Gasteiger partial charge in [0.1, 0.15) is 0 Å². The zero-order valence-electron chi connectivity index (χ0n) is 11.0. The molecule has 0 spiro atoms. The van der Waals surface area contributed by atoms with Crippen molar-refractivity contribution in [2.45, 2.75) is 5.75 Å². The lowest BCUT2D eigenvalue weighted by molar-refractivity contribution is 0.208. The molecule has 0 aliphatic rings. The monoisotopic (exact) mass is 274 g/mol. The van der Waals surface area contributed by atoms with Crippen LogP contribution in [0.25, 0.3) is 10.8 Å². The third-order valence-corrected chi connectivity index (χ3v) is 3.70. The molecule has 0 bridgehead atoms. The summed E-state index contributed by atoms with van der Waals surface area (Å²) in [5.74, 6) is 0.837. The predicted octanol–water partition coefficient (Wildman–Crippen LogP) is 3.03. The Kier molecular flexibility index (Phi) is 5.24. The summed E-state index contributed by atoms with van der Waals surface area (Å²) in [4.78, 5) is 4.24. The van der Waals surface area contributed by atoms with Crippen LogP contribution in [-0.2, 0) is 10.5 Å². The summed E-state index contributed by atoms with van der Waals surface area (Å²) in [7, 11) is 1.66. The largest absolute Gasteiger partial charge is 0.383 e. The van der Waals surface area contributed by atoms with Crippen LogP contribution in [0.2, 0.25) is 0 Å². The van der Waals surface area contributed by atoms with Gasteiger partial charge in [0, 0.05) is 12.9 Å². The van der Waals surface area contributed by atoms with Crippen LogP contribution in [-0.4, -0.2) is 25.4 Å². The Bertz CT molecular complexity index is 564. The van der Waals surface area contributed by atoms with Crippen LogP contribution in [0, 0.1) is 0 Å². The van der Waals surface area contributed by atoms with E-state index >= 15 is 0 Å². The minimum Gasteiger partial charge on any atom is -0.383 e. The standard InChI is InChI=1S/C15H18N2OS/c1-18-10-9-17-15(16)19-11-13-7-4-6-12-5-2-3-8-14(12)13/h2-8H,9-11H2,1H3,(H2,16,17). The zero-order valence-corrected chi connectivity index (χ0v) is 11.8. The predicted molar refractivity (Wildman–Crippen MR) is 83.6 cm³/mol. The molecule has 2 N–H and O–H groups in total.